The van der Waals surface area contributed by atoms with Crippen molar-refractivity contribution in [2.24, 2.45) is 0 Å². The number of hydrogen-bond donors (Lipinski definition) is 1. The molecular formula is C20H33N5O3S. The van der Waals surface area contributed by atoms with Crippen molar-refractivity contribution in [1.29, 1.82) is 0 Å². The first-order chi connectivity index (χ1) is 13.8. The number of likely N-dealkylation sites (N-methyl/N-ethyl adjacent to an activating group) is 1. The topological polar surface area (TPSA) is 83.6 Å². The number of hydrogen-bond acceptors (Lipinski definition) is 6. The molecule has 0 radical (unpaired) electrons. The van der Waals surface area contributed by atoms with E-state index in [1.165, 1.54) is 6.42 Å². The zero-order valence-corrected chi connectivity index (χ0v) is 18.7. The molecule has 1 atom stereocenters. The monoisotopic (exact) mass is 423 g/mol. The van der Waals surface area contributed by atoms with E-state index < -0.39 is 10.0 Å². The zero-order valence-electron chi connectivity index (χ0n) is 17.9. The van der Waals surface area contributed by atoms with E-state index in [1.807, 2.05) is 33.2 Å². The molecule has 1 aliphatic heterocycles. The SMILES string of the molecule is Cc1nn(CCN(C)C)c(C)c1S(=O)(=O)NC[C@H](c1ccco1)N1CCCCC1. The Bertz CT molecular complexity index is 884. The van der Waals surface area contributed by atoms with Crippen LogP contribution in [0.2, 0.25) is 0 Å². The van der Waals surface area contributed by atoms with Crippen LogP contribution in [0.25, 0.3) is 0 Å². The third kappa shape index (κ3) is 5.28. The molecule has 0 aliphatic carbocycles. The highest BCUT2D eigenvalue weighted by atomic mass is 32.2. The van der Waals surface area contributed by atoms with Crippen LogP contribution in [0.4, 0.5) is 0 Å². The molecule has 162 valence electrons. The second kappa shape index (κ2) is 9.42. The first-order valence-corrected chi connectivity index (χ1v) is 11.7. The smallest absolute Gasteiger partial charge is 0.244 e. The van der Waals surface area contributed by atoms with E-state index in [0.29, 0.717) is 17.9 Å². The van der Waals surface area contributed by atoms with Gasteiger partial charge in [-0.2, -0.15) is 5.10 Å². The number of nitrogens with zero attached hydrogens (tertiary/aromatic N) is 4. The fourth-order valence-corrected chi connectivity index (χ4v) is 5.41. The van der Waals surface area contributed by atoms with E-state index in [9.17, 15) is 8.42 Å². The lowest BCUT2D eigenvalue weighted by molar-refractivity contribution is 0.147. The minimum atomic E-state index is -3.68. The molecule has 0 amide bonds. The molecule has 1 N–H and O–H groups in total. The first kappa shape index (κ1) is 22.0. The van der Waals surface area contributed by atoms with Gasteiger partial charge in [0, 0.05) is 13.1 Å². The molecule has 3 rings (SSSR count). The van der Waals surface area contributed by atoms with Crippen molar-refractivity contribution < 1.29 is 12.8 Å². The summed E-state index contributed by atoms with van der Waals surface area (Å²) in [5, 5.41) is 4.46. The molecule has 8 nitrogen and oxygen atoms in total. The summed E-state index contributed by atoms with van der Waals surface area (Å²) >= 11 is 0. The van der Waals surface area contributed by atoms with Gasteiger partial charge in [0.15, 0.2) is 0 Å². The normalized spacial score (nSPS) is 17.1. The van der Waals surface area contributed by atoms with Gasteiger partial charge in [0.05, 0.1) is 30.2 Å². The summed E-state index contributed by atoms with van der Waals surface area (Å²) in [5.74, 6) is 0.796. The average molecular weight is 424 g/mol. The van der Waals surface area contributed by atoms with Crippen LogP contribution in [0.1, 0.15) is 42.5 Å². The third-order valence-corrected chi connectivity index (χ3v) is 7.19. The van der Waals surface area contributed by atoms with Crippen LogP contribution in [0.3, 0.4) is 0 Å². The molecular weight excluding hydrogens is 390 g/mol. The van der Waals surface area contributed by atoms with E-state index in [2.05, 4.69) is 19.6 Å². The molecule has 1 fully saturated rings. The average Bonchev–Trinajstić information content (AvgIpc) is 3.29. The van der Waals surface area contributed by atoms with Crippen LogP contribution in [0.5, 0.6) is 0 Å². The Morgan fingerprint density at radius 3 is 2.59 bits per heavy atom. The quantitative estimate of drug-likeness (QED) is 0.665. The van der Waals surface area contributed by atoms with Crippen LogP contribution >= 0.6 is 0 Å². The summed E-state index contributed by atoms with van der Waals surface area (Å²) in [6, 6.07) is 3.66. The lowest BCUT2D eigenvalue weighted by atomic mass is 10.1. The van der Waals surface area contributed by atoms with Gasteiger partial charge in [0.25, 0.3) is 0 Å². The number of rotatable bonds is 9. The van der Waals surface area contributed by atoms with Gasteiger partial charge in [-0.05, 0) is 66.0 Å². The van der Waals surface area contributed by atoms with Crippen molar-refractivity contribution in [3.63, 3.8) is 0 Å². The van der Waals surface area contributed by atoms with Crippen LogP contribution in [0.15, 0.2) is 27.7 Å². The van der Waals surface area contributed by atoms with Gasteiger partial charge in [-0.25, -0.2) is 13.1 Å². The van der Waals surface area contributed by atoms with Gasteiger partial charge < -0.3 is 9.32 Å². The number of likely N-dealkylation sites (tertiary alicyclic amines) is 1. The maximum atomic E-state index is 13.2. The molecule has 9 heteroatoms. The van der Waals surface area contributed by atoms with E-state index >= 15 is 0 Å². The minimum Gasteiger partial charge on any atom is -0.468 e. The molecule has 2 aromatic rings. The molecule has 3 heterocycles. The Kier molecular flexibility index (Phi) is 7.15. The van der Waals surface area contributed by atoms with E-state index in [0.717, 1.165) is 38.2 Å². The second-order valence-corrected chi connectivity index (χ2v) is 9.71. The molecule has 1 aliphatic rings. The van der Waals surface area contributed by atoms with Crippen LogP contribution in [0, 0.1) is 13.8 Å². The zero-order chi connectivity index (χ0) is 21.0. The summed E-state index contributed by atoms with van der Waals surface area (Å²) in [6.07, 6.45) is 5.11. The highest BCUT2D eigenvalue weighted by Gasteiger charge is 2.29. The van der Waals surface area contributed by atoms with Gasteiger partial charge >= 0.3 is 0 Å². The molecule has 2 aromatic heterocycles. The lowest BCUT2D eigenvalue weighted by Gasteiger charge is -2.33. The van der Waals surface area contributed by atoms with Crippen molar-refractivity contribution in [3.05, 3.63) is 35.5 Å². The summed E-state index contributed by atoms with van der Waals surface area (Å²) in [6.45, 7) is 7.20. The first-order valence-electron chi connectivity index (χ1n) is 10.3. The van der Waals surface area contributed by atoms with Crippen LogP contribution < -0.4 is 4.72 Å². The number of piperidine rings is 1. The van der Waals surface area contributed by atoms with E-state index in [-0.39, 0.29) is 17.5 Å². The van der Waals surface area contributed by atoms with Gasteiger partial charge in [-0.15, -0.1) is 0 Å². The molecule has 0 bridgehead atoms. The van der Waals surface area contributed by atoms with Gasteiger partial charge in [0.1, 0.15) is 10.7 Å². The fourth-order valence-electron chi connectivity index (χ4n) is 3.96. The summed E-state index contributed by atoms with van der Waals surface area (Å²) in [4.78, 5) is 4.65. The van der Waals surface area contributed by atoms with Gasteiger partial charge in [-0.1, -0.05) is 6.42 Å². The van der Waals surface area contributed by atoms with E-state index in [4.69, 9.17) is 4.42 Å². The highest BCUT2D eigenvalue weighted by Crippen LogP contribution is 2.26. The van der Waals surface area contributed by atoms with E-state index in [1.54, 1.807) is 17.9 Å². The number of aryl methyl sites for hydroxylation is 1. The number of furan rings is 1. The number of nitrogens with one attached hydrogen (secondary N) is 1. The Labute approximate surface area is 173 Å². The summed E-state index contributed by atoms with van der Waals surface area (Å²) < 4.78 is 36.5. The molecule has 0 unspecified atom stereocenters. The standard InChI is InChI=1S/C20H33N5O3S/c1-16-20(17(2)25(22-16)13-12-23(3)4)29(26,27)21-15-18(19-9-8-14-28-19)24-10-6-5-7-11-24/h8-9,14,18,21H,5-7,10-13,15H2,1-4H3/t18-/m1/s1. The highest BCUT2D eigenvalue weighted by molar-refractivity contribution is 7.89. The maximum absolute atomic E-state index is 13.2. The Hall–Kier alpha value is -1.68. The van der Waals surface area contributed by atoms with Crippen molar-refractivity contribution in [3.8, 4) is 0 Å². The minimum absolute atomic E-state index is 0.107. The largest absolute Gasteiger partial charge is 0.468 e. The predicted octanol–water partition coefficient (Wildman–Crippen LogP) is 2.16. The van der Waals surface area contributed by atoms with Crippen LogP contribution in [-0.2, 0) is 16.6 Å². The van der Waals surface area contributed by atoms with Gasteiger partial charge in [0.2, 0.25) is 10.0 Å². The number of sulfonamides is 1. The Morgan fingerprint density at radius 2 is 1.97 bits per heavy atom. The third-order valence-electron chi connectivity index (χ3n) is 5.51. The molecule has 0 spiro atoms. The van der Waals surface area contributed by atoms with Crippen molar-refractivity contribution in [2.45, 2.75) is 50.6 Å². The second-order valence-electron chi connectivity index (χ2n) is 8.01. The molecule has 0 saturated carbocycles. The van der Waals surface area contributed by atoms with Crippen molar-refractivity contribution >= 4 is 10.0 Å². The molecule has 1 saturated heterocycles. The Balaban J connectivity index is 1.77. The summed E-state index contributed by atoms with van der Waals surface area (Å²) in [5.41, 5.74) is 1.20. The van der Waals surface area contributed by atoms with Crippen molar-refractivity contribution in [1.82, 2.24) is 24.3 Å². The van der Waals surface area contributed by atoms with Crippen LogP contribution in [-0.4, -0.2) is 68.3 Å². The molecule has 0 aromatic carbocycles. The maximum Gasteiger partial charge on any atom is 0.244 e. The van der Waals surface area contributed by atoms with Gasteiger partial charge in [-0.3, -0.25) is 9.58 Å². The fraction of sp³-hybridized carbons (Fsp3) is 0.650. The lowest BCUT2D eigenvalue weighted by Crippen LogP contribution is -2.40. The number of aromatic nitrogens is 2. The molecule has 29 heavy (non-hydrogen) atoms. The summed E-state index contributed by atoms with van der Waals surface area (Å²) in [7, 11) is 0.293. The predicted molar refractivity (Wildman–Crippen MR) is 112 cm³/mol. The Morgan fingerprint density at radius 1 is 1.24 bits per heavy atom. The van der Waals surface area contributed by atoms with Crippen molar-refractivity contribution in [2.75, 3.05) is 40.3 Å².